The SMILES string of the molecule is CC(C)(O)c1ccc2c(c1)[C@H]1O[C@@H]2c2ccc(Br)cc21. The zero-order valence-corrected chi connectivity index (χ0v) is 12.9. The van der Waals surface area contributed by atoms with Crippen LogP contribution >= 0.6 is 15.9 Å². The van der Waals surface area contributed by atoms with Gasteiger partial charge < -0.3 is 9.84 Å². The first-order valence-electron chi connectivity index (χ1n) is 6.76. The average molecular weight is 331 g/mol. The third kappa shape index (κ3) is 1.63. The maximum atomic E-state index is 10.2. The Morgan fingerprint density at radius 1 is 0.950 bits per heavy atom. The fourth-order valence-electron chi connectivity index (χ4n) is 3.20. The lowest BCUT2D eigenvalue weighted by molar-refractivity contribution is 0.0777. The van der Waals surface area contributed by atoms with Gasteiger partial charge in [0.05, 0.1) is 5.60 Å². The number of hydrogen-bond acceptors (Lipinski definition) is 2. The first-order chi connectivity index (χ1) is 9.45. The molecule has 4 rings (SSSR count). The Morgan fingerprint density at radius 2 is 1.55 bits per heavy atom. The maximum Gasteiger partial charge on any atom is 0.110 e. The summed E-state index contributed by atoms with van der Waals surface area (Å²) in [4.78, 5) is 0. The zero-order chi connectivity index (χ0) is 14.1. The fraction of sp³-hybridized carbons (Fsp3) is 0.294. The monoisotopic (exact) mass is 330 g/mol. The number of fused-ring (bicyclic) bond motifs is 8. The molecule has 2 aliphatic rings. The third-order valence-electron chi connectivity index (χ3n) is 4.24. The minimum atomic E-state index is -0.822. The Bertz CT molecular complexity index is 715. The predicted octanol–water partition coefficient (Wildman–Crippen LogP) is 4.20. The summed E-state index contributed by atoms with van der Waals surface area (Å²) in [6.45, 7) is 3.63. The molecule has 3 heteroatoms. The van der Waals surface area contributed by atoms with Crippen LogP contribution < -0.4 is 0 Å². The number of benzene rings is 2. The van der Waals surface area contributed by atoms with Crippen molar-refractivity contribution in [2.75, 3.05) is 0 Å². The van der Waals surface area contributed by atoms with Crippen molar-refractivity contribution in [2.45, 2.75) is 31.7 Å². The summed E-state index contributed by atoms with van der Waals surface area (Å²) >= 11 is 3.53. The van der Waals surface area contributed by atoms with E-state index in [-0.39, 0.29) is 12.2 Å². The molecule has 0 fully saturated rings. The van der Waals surface area contributed by atoms with E-state index in [4.69, 9.17) is 4.74 Å². The first kappa shape index (κ1) is 12.6. The van der Waals surface area contributed by atoms with E-state index in [1.807, 2.05) is 19.9 Å². The molecule has 0 aliphatic carbocycles. The van der Waals surface area contributed by atoms with Crippen LogP contribution in [-0.4, -0.2) is 5.11 Å². The van der Waals surface area contributed by atoms with Crippen LogP contribution in [0.4, 0.5) is 0 Å². The van der Waals surface area contributed by atoms with Crippen molar-refractivity contribution in [3.8, 4) is 0 Å². The lowest BCUT2D eigenvalue weighted by Gasteiger charge is -2.22. The van der Waals surface area contributed by atoms with Crippen molar-refractivity contribution >= 4 is 15.9 Å². The molecule has 2 aliphatic heterocycles. The molecule has 2 aromatic rings. The van der Waals surface area contributed by atoms with Gasteiger partial charge in [0.2, 0.25) is 0 Å². The molecule has 0 amide bonds. The summed E-state index contributed by atoms with van der Waals surface area (Å²) < 4.78 is 7.21. The molecule has 2 aromatic carbocycles. The van der Waals surface area contributed by atoms with E-state index in [1.165, 1.54) is 22.3 Å². The standard InChI is InChI=1S/C17H15BrO2/c1-17(2,19)9-3-5-11-13(7-9)16-14-8-10(18)4-6-12(14)15(11)20-16/h3-8,15-16,19H,1-2H3/t15-,16+/m0/s1. The number of hydrogen-bond donors (Lipinski definition) is 1. The highest BCUT2D eigenvalue weighted by Gasteiger charge is 2.43. The van der Waals surface area contributed by atoms with Crippen molar-refractivity contribution in [1.82, 2.24) is 0 Å². The molecule has 0 spiro atoms. The van der Waals surface area contributed by atoms with Gasteiger partial charge in [-0.1, -0.05) is 34.1 Å². The molecule has 2 bridgehead atoms. The van der Waals surface area contributed by atoms with Gasteiger partial charge in [0, 0.05) is 4.47 Å². The molecule has 0 radical (unpaired) electrons. The molecule has 2 atom stereocenters. The summed E-state index contributed by atoms with van der Waals surface area (Å²) in [7, 11) is 0. The summed E-state index contributed by atoms with van der Waals surface area (Å²) in [5.74, 6) is 0. The Balaban J connectivity index is 1.87. The summed E-state index contributed by atoms with van der Waals surface area (Å²) in [5, 5.41) is 10.2. The van der Waals surface area contributed by atoms with Crippen LogP contribution in [0, 0.1) is 0 Å². The molecule has 0 saturated carbocycles. The minimum Gasteiger partial charge on any atom is -0.386 e. The number of aliphatic hydroxyl groups is 1. The highest BCUT2D eigenvalue weighted by atomic mass is 79.9. The highest BCUT2D eigenvalue weighted by Crippen LogP contribution is 2.54. The second-order valence-electron chi connectivity index (χ2n) is 6.07. The molecule has 0 saturated heterocycles. The normalized spacial score (nSPS) is 22.8. The van der Waals surface area contributed by atoms with Gasteiger partial charge in [-0.2, -0.15) is 0 Å². The molecule has 0 aromatic heterocycles. The second-order valence-corrected chi connectivity index (χ2v) is 6.99. The molecular weight excluding hydrogens is 316 g/mol. The van der Waals surface area contributed by atoms with Gasteiger partial charge in [0.1, 0.15) is 12.2 Å². The van der Waals surface area contributed by atoms with Crippen LogP contribution in [0.25, 0.3) is 0 Å². The Morgan fingerprint density at radius 3 is 2.25 bits per heavy atom. The zero-order valence-electron chi connectivity index (χ0n) is 11.4. The predicted molar refractivity (Wildman–Crippen MR) is 80.6 cm³/mol. The topological polar surface area (TPSA) is 29.5 Å². The molecule has 0 unspecified atom stereocenters. The Labute approximate surface area is 126 Å². The second kappa shape index (κ2) is 3.94. The van der Waals surface area contributed by atoms with E-state index in [2.05, 4.69) is 46.3 Å². The van der Waals surface area contributed by atoms with E-state index in [0.29, 0.717) is 0 Å². The van der Waals surface area contributed by atoms with E-state index in [1.54, 1.807) is 0 Å². The van der Waals surface area contributed by atoms with E-state index < -0.39 is 5.60 Å². The van der Waals surface area contributed by atoms with Gasteiger partial charge in [0.25, 0.3) is 0 Å². The van der Waals surface area contributed by atoms with Crippen molar-refractivity contribution in [1.29, 1.82) is 0 Å². The maximum absolute atomic E-state index is 10.2. The van der Waals surface area contributed by atoms with Crippen molar-refractivity contribution in [3.63, 3.8) is 0 Å². The van der Waals surface area contributed by atoms with Gasteiger partial charge in [-0.25, -0.2) is 0 Å². The van der Waals surface area contributed by atoms with Crippen molar-refractivity contribution in [2.24, 2.45) is 0 Å². The first-order valence-corrected chi connectivity index (χ1v) is 7.56. The number of ether oxygens (including phenoxy) is 1. The summed E-state index contributed by atoms with van der Waals surface area (Å²) in [5.41, 5.74) is 5.05. The molecule has 1 N–H and O–H groups in total. The average Bonchev–Trinajstić information content (AvgIpc) is 2.93. The van der Waals surface area contributed by atoms with Crippen LogP contribution in [0.3, 0.4) is 0 Å². The summed E-state index contributed by atoms with van der Waals surface area (Å²) in [6, 6.07) is 12.5. The van der Waals surface area contributed by atoms with Crippen LogP contribution in [0.2, 0.25) is 0 Å². The highest BCUT2D eigenvalue weighted by molar-refractivity contribution is 9.10. The lowest BCUT2D eigenvalue weighted by Crippen LogP contribution is -2.16. The smallest absolute Gasteiger partial charge is 0.110 e. The van der Waals surface area contributed by atoms with Gasteiger partial charge in [-0.3, -0.25) is 0 Å². The van der Waals surface area contributed by atoms with Gasteiger partial charge in [-0.05, 0) is 59.9 Å². The van der Waals surface area contributed by atoms with Crippen LogP contribution in [0.5, 0.6) is 0 Å². The lowest BCUT2D eigenvalue weighted by atomic mass is 9.83. The van der Waals surface area contributed by atoms with Crippen molar-refractivity contribution in [3.05, 3.63) is 68.7 Å². The van der Waals surface area contributed by atoms with Gasteiger partial charge in [-0.15, -0.1) is 0 Å². The van der Waals surface area contributed by atoms with Crippen molar-refractivity contribution < 1.29 is 9.84 Å². The third-order valence-corrected chi connectivity index (χ3v) is 4.74. The molecule has 20 heavy (non-hydrogen) atoms. The van der Waals surface area contributed by atoms with Crippen LogP contribution in [0.15, 0.2) is 40.9 Å². The molecular formula is C17H15BrO2. The molecule has 2 nitrogen and oxygen atoms in total. The molecule has 2 heterocycles. The minimum absolute atomic E-state index is 0.00444. The van der Waals surface area contributed by atoms with Crippen LogP contribution in [-0.2, 0) is 10.3 Å². The number of rotatable bonds is 1. The largest absolute Gasteiger partial charge is 0.386 e. The quantitative estimate of drug-likeness (QED) is 0.849. The Hall–Kier alpha value is -1.16. The van der Waals surface area contributed by atoms with Gasteiger partial charge in [0.15, 0.2) is 0 Å². The fourth-order valence-corrected chi connectivity index (χ4v) is 3.58. The van der Waals surface area contributed by atoms with E-state index in [0.717, 1.165) is 10.0 Å². The van der Waals surface area contributed by atoms with E-state index in [9.17, 15) is 5.11 Å². The van der Waals surface area contributed by atoms with Crippen LogP contribution in [0.1, 0.15) is 53.9 Å². The summed E-state index contributed by atoms with van der Waals surface area (Å²) in [6.07, 6.45) is 0.0544. The Kier molecular flexibility index (Phi) is 2.48. The number of halogens is 1. The van der Waals surface area contributed by atoms with Gasteiger partial charge >= 0.3 is 0 Å². The molecule has 102 valence electrons. The van der Waals surface area contributed by atoms with E-state index >= 15 is 0 Å².